The van der Waals surface area contributed by atoms with Crippen LogP contribution in [0.15, 0.2) is 28.1 Å². The van der Waals surface area contributed by atoms with Gasteiger partial charge in [0.1, 0.15) is 0 Å². The maximum Gasteiger partial charge on any atom is 0.248 e. The Morgan fingerprint density at radius 1 is 1.64 bits per heavy atom. The van der Waals surface area contributed by atoms with Crippen molar-refractivity contribution >= 4 is 5.96 Å². The van der Waals surface area contributed by atoms with Crippen molar-refractivity contribution in [3.05, 3.63) is 34.2 Å². The predicted molar refractivity (Wildman–Crippen MR) is 56.3 cm³/mol. The number of hydrogen-bond acceptors (Lipinski definition) is 2. The second-order valence-electron chi connectivity index (χ2n) is 2.74. The maximum absolute atomic E-state index is 10.9. The molecule has 0 saturated heterocycles. The van der Waals surface area contributed by atoms with Crippen LogP contribution in [-0.2, 0) is 6.54 Å². The number of hydrogen-bond donors (Lipinski definition) is 3. The van der Waals surface area contributed by atoms with E-state index < -0.39 is 0 Å². The van der Waals surface area contributed by atoms with Gasteiger partial charge in [-0.1, -0.05) is 0 Å². The first kappa shape index (κ1) is 10.3. The van der Waals surface area contributed by atoms with Crippen molar-refractivity contribution in [3.8, 4) is 0 Å². The van der Waals surface area contributed by atoms with E-state index in [1.54, 1.807) is 26.4 Å². The Bertz CT molecular complexity index is 369. The number of aliphatic imine (C=N–C) groups is 1. The average Bonchev–Trinajstić information content (AvgIpc) is 2.19. The zero-order chi connectivity index (χ0) is 10.4. The van der Waals surface area contributed by atoms with Crippen LogP contribution in [0.2, 0.25) is 0 Å². The summed E-state index contributed by atoms with van der Waals surface area (Å²) in [5.74, 6) is 0.699. The molecule has 1 rings (SSSR count). The third-order valence-corrected chi connectivity index (χ3v) is 1.76. The molecule has 0 radical (unpaired) electrons. The van der Waals surface area contributed by atoms with Crippen LogP contribution in [-0.4, -0.2) is 25.0 Å². The van der Waals surface area contributed by atoms with Gasteiger partial charge >= 0.3 is 0 Å². The third-order valence-electron chi connectivity index (χ3n) is 1.76. The number of nitrogens with zero attached hydrogens (tertiary/aromatic N) is 1. The Labute approximate surface area is 82.3 Å². The van der Waals surface area contributed by atoms with E-state index in [2.05, 4.69) is 20.6 Å². The van der Waals surface area contributed by atoms with Crippen LogP contribution in [0.25, 0.3) is 0 Å². The van der Waals surface area contributed by atoms with Crippen molar-refractivity contribution in [3.63, 3.8) is 0 Å². The van der Waals surface area contributed by atoms with Gasteiger partial charge in [0, 0.05) is 32.9 Å². The molecule has 1 aromatic rings. The van der Waals surface area contributed by atoms with Crippen LogP contribution in [0.4, 0.5) is 0 Å². The lowest BCUT2D eigenvalue weighted by Crippen LogP contribution is -2.34. The summed E-state index contributed by atoms with van der Waals surface area (Å²) < 4.78 is 0. The minimum Gasteiger partial charge on any atom is -0.359 e. The standard InChI is InChI=1S/C9H14N4O/c1-10-9(11-2)13-6-7-3-4-12-8(14)5-7/h3-5H,6H2,1-2H3,(H,12,14)(H2,10,11,13). The van der Waals surface area contributed by atoms with Crippen molar-refractivity contribution < 1.29 is 0 Å². The van der Waals surface area contributed by atoms with Crippen molar-refractivity contribution in [2.45, 2.75) is 6.54 Å². The molecule has 1 heterocycles. The number of pyridine rings is 1. The number of H-pyrrole nitrogens is 1. The summed E-state index contributed by atoms with van der Waals surface area (Å²) in [5.41, 5.74) is 0.828. The number of aromatic nitrogens is 1. The van der Waals surface area contributed by atoms with E-state index in [0.717, 1.165) is 5.56 Å². The smallest absolute Gasteiger partial charge is 0.248 e. The Morgan fingerprint density at radius 3 is 3.00 bits per heavy atom. The fourth-order valence-electron chi connectivity index (χ4n) is 1.06. The lowest BCUT2D eigenvalue weighted by Gasteiger charge is -2.07. The predicted octanol–water partition coefficient (Wildman–Crippen LogP) is -0.330. The zero-order valence-electron chi connectivity index (χ0n) is 8.29. The molecular weight excluding hydrogens is 180 g/mol. The van der Waals surface area contributed by atoms with E-state index in [1.165, 1.54) is 0 Å². The average molecular weight is 194 g/mol. The summed E-state index contributed by atoms with van der Waals surface area (Å²) in [5, 5.41) is 5.94. The first-order valence-electron chi connectivity index (χ1n) is 4.32. The topological polar surface area (TPSA) is 69.3 Å². The monoisotopic (exact) mass is 194 g/mol. The molecule has 0 unspecified atom stereocenters. The fourth-order valence-corrected chi connectivity index (χ4v) is 1.06. The molecule has 0 spiro atoms. The van der Waals surface area contributed by atoms with Crippen LogP contribution in [0.5, 0.6) is 0 Å². The Kier molecular flexibility index (Phi) is 3.72. The molecule has 0 aromatic carbocycles. The van der Waals surface area contributed by atoms with E-state index in [1.807, 2.05) is 6.07 Å². The van der Waals surface area contributed by atoms with Crippen LogP contribution >= 0.6 is 0 Å². The van der Waals surface area contributed by atoms with E-state index >= 15 is 0 Å². The molecule has 0 aliphatic rings. The summed E-state index contributed by atoms with van der Waals surface area (Å²) in [6.45, 7) is 0.581. The van der Waals surface area contributed by atoms with E-state index in [-0.39, 0.29) is 5.56 Å². The van der Waals surface area contributed by atoms with Gasteiger partial charge in [-0.15, -0.1) is 0 Å². The van der Waals surface area contributed by atoms with E-state index in [0.29, 0.717) is 12.5 Å². The molecule has 0 atom stereocenters. The molecule has 14 heavy (non-hydrogen) atoms. The van der Waals surface area contributed by atoms with Crippen molar-refractivity contribution in [1.29, 1.82) is 0 Å². The lowest BCUT2D eigenvalue weighted by molar-refractivity contribution is 0.862. The summed E-state index contributed by atoms with van der Waals surface area (Å²) >= 11 is 0. The molecule has 0 fully saturated rings. The van der Waals surface area contributed by atoms with Gasteiger partial charge in [-0.25, -0.2) is 0 Å². The molecule has 0 bridgehead atoms. The number of aromatic amines is 1. The van der Waals surface area contributed by atoms with Gasteiger partial charge in [0.15, 0.2) is 5.96 Å². The zero-order valence-corrected chi connectivity index (χ0v) is 8.29. The number of guanidine groups is 1. The minimum atomic E-state index is -0.0938. The second kappa shape index (κ2) is 5.06. The molecule has 0 aliphatic heterocycles. The van der Waals surface area contributed by atoms with Gasteiger partial charge in [-0.05, 0) is 11.6 Å². The largest absolute Gasteiger partial charge is 0.359 e. The summed E-state index contributed by atoms with van der Waals surface area (Å²) in [6, 6.07) is 3.40. The maximum atomic E-state index is 10.9. The van der Waals surface area contributed by atoms with Gasteiger partial charge in [-0.3, -0.25) is 9.79 Å². The number of rotatable bonds is 2. The Balaban J connectivity index is 2.58. The second-order valence-corrected chi connectivity index (χ2v) is 2.74. The highest BCUT2D eigenvalue weighted by atomic mass is 16.1. The Morgan fingerprint density at radius 2 is 2.43 bits per heavy atom. The highest BCUT2D eigenvalue weighted by molar-refractivity contribution is 5.79. The normalized spacial score (nSPS) is 11.1. The van der Waals surface area contributed by atoms with Gasteiger partial charge in [0.05, 0.1) is 0 Å². The minimum absolute atomic E-state index is 0.0938. The highest BCUT2D eigenvalue weighted by Crippen LogP contribution is 1.90. The van der Waals surface area contributed by atoms with Crippen LogP contribution in [0, 0.1) is 0 Å². The molecule has 0 aliphatic carbocycles. The van der Waals surface area contributed by atoms with Crippen LogP contribution < -0.4 is 16.2 Å². The lowest BCUT2D eigenvalue weighted by atomic mass is 10.3. The van der Waals surface area contributed by atoms with Crippen molar-refractivity contribution in [1.82, 2.24) is 15.6 Å². The van der Waals surface area contributed by atoms with Gasteiger partial charge < -0.3 is 15.6 Å². The van der Waals surface area contributed by atoms with Crippen molar-refractivity contribution in [2.75, 3.05) is 14.1 Å². The third kappa shape index (κ3) is 2.93. The van der Waals surface area contributed by atoms with Gasteiger partial charge in [0.2, 0.25) is 5.56 Å². The Hall–Kier alpha value is -1.78. The summed E-state index contributed by atoms with van der Waals surface area (Å²) in [7, 11) is 3.48. The first-order chi connectivity index (χ1) is 6.76. The highest BCUT2D eigenvalue weighted by Gasteiger charge is 1.95. The van der Waals surface area contributed by atoms with Crippen LogP contribution in [0.3, 0.4) is 0 Å². The van der Waals surface area contributed by atoms with E-state index in [9.17, 15) is 4.79 Å². The molecular formula is C9H14N4O. The summed E-state index contributed by atoms with van der Waals surface area (Å²) in [4.78, 5) is 17.5. The fraction of sp³-hybridized carbons (Fsp3) is 0.333. The molecule has 76 valence electrons. The first-order valence-corrected chi connectivity index (χ1v) is 4.32. The van der Waals surface area contributed by atoms with Gasteiger partial charge in [0.25, 0.3) is 0 Å². The molecule has 1 aromatic heterocycles. The SMILES string of the molecule is CN=C(NC)NCc1cc[nH]c(=O)c1. The van der Waals surface area contributed by atoms with Crippen molar-refractivity contribution in [2.24, 2.45) is 4.99 Å². The molecule has 3 N–H and O–H groups in total. The molecule has 0 saturated carbocycles. The summed E-state index contributed by atoms with van der Waals surface area (Å²) in [6.07, 6.45) is 1.63. The quantitative estimate of drug-likeness (QED) is 0.446. The molecule has 5 heteroatoms. The molecule has 5 nitrogen and oxygen atoms in total. The van der Waals surface area contributed by atoms with Crippen LogP contribution in [0.1, 0.15) is 5.56 Å². The van der Waals surface area contributed by atoms with E-state index in [4.69, 9.17) is 0 Å². The molecule has 0 amide bonds. The van der Waals surface area contributed by atoms with Gasteiger partial charge in [-0.2, -0.15) is 0 Å². The number of nitrogens with one attached hydrogen (secondary N) is 3.